The maximum absolute atomic E-state index is 9.93. The van der Waals surface area contributed by atoms with Gasteiger partial charge in [-0.1, -0.05) is 6.92 Å². The molecule has 0 amide bonds. The molecule has 5 nitrogen and oxygen atoms in total. The van der Waals surface area contributed by atoms with Crippen molar-refractivity contribution in [3.63, 3.8) is 0 Å². The first kappa shape index (κ1) is 16.9. The van der Waals surface area contributed by atoms with Crippen molar-refractivity contribution in [2.24, 2.45) is 11.7 Å². The number of benzene rings is 1. The molecule has 1 heterocycles. The predicted molar refractivity (Wildman–Crippen MR) is 88.8 cm³/mol. The van der Waals surface area contributed by atoms with E-state index in [1.54, 1.807) is 14.2 Å². The van der Waals surface area contributed by atoms with Crippen molar-refractivity contribution in [1.29, 1.82) is 0 Å². The maximum atomic E-state index is 9.93. The van der Waals surface area contributed by atoms with E-state index in [4.69, 9.17) is 15.2 Å². The molecule has 0 radical (unpaired) electrons. The molecular weight excluding hydrogens is 280 g/mol. The topological polar surface area (TPSA) is 68.0 Å². The fourth-order valence-corrected chi connectivity index (χ4v) is 3.21. The molecule has 3 unspecified atom stereocenters. The lowest BCUT2D eigenvalue weighted by atomic mass is 9.89. The summed E-state index contributed by atoms with van der Waals surface area (Å²) in [7, 11) is 3.33. The molecule has 1 aliphatic rings. The van der Waals surface area contributed by atoms with Gasteiger partial charge in [0.15, 0.2) is 0 Å². The predicted octanol–water partition coefficient (Wildman–Crippen LogP) is 2.02. The van der Waals surface area contributed by atoms with Crippen molar-refractivity contribution in [3.8, 4) is 11.5 Å². The number of hydrogen-bond donors (Lipinski definition) is 2. The molecule has 0 bridgehead atoms. The first-order chi connectivity index (χ1) is 10.6. The minimum atomic E-state index is -0.246. The van der Waals surface area contributed by atoms with E-state index >= 15 is 0 Å². The van der Waals surface area contributed by atoms with Crippen molar-refractivity contribution < 1.29 is 14.6 Å². The smallest absolute Gasteiger partial charge is 0.142 e. The zero-order valence-corrected chi connectivity index (χ0v) is 13.8. The fourth-order valence-electron chi connectivity index (χ4n) is 3.21. The molecule has 1 fully saturated rings. The zero-order chi connectivity index (χ0) is 16.1. The van der Waals surface area contributed by atoms with Crippen LogP contribution in [-0.2, 0) is 0 Å². The summed E-state index contributed by atoms with van der Waals surface area (Å²) in [5.41, 5.74) is 7.24. The minimum absolute atomic E-state index is 0.110. The average Bonchev–Trinajstić information content (AvgIpc) is 2.53. The van der Waals surface area contributed by atoms with E-state index in [0.717, 1.165) is 49.5 Å². The number of methoxy groups -OCH3 is 2. The van der Waals surface area contributed by atoms with Crippen LogP contribution < -0.4 is 20.1 Å². The summed E-state index contributed by atoms with van der Waals surface area (Å²) in [6.07, 6.45) is 2.30. The second-order valence-electron chi connectivity index (χ2n) is 6.10. The first-order valence-corrected chi connectivity index (χ1v) is 7.98. The van der Waals surface area contributed by atoms with Gasteiger partial charge < -0.3 is 25.2 Å². The van der Waals surface area contributed by atoms with Crippen LogP contribution in [0.3, 0.4) is 0 Å². The number of nitrogens with zero attached hydrogens (tertiary/aromatic N) is 1. The Morgan fingerprint density at radius 3 is 2.73 bits per heavy atom. The molecule has 1 saturated heterocycles. The van der Waals surface area contributed by atoms with E-state index < -0.39 is 0 Å². The molecule has 22 heavy (non-hydrogen) atoms. The number of piperidine rings is 1. The Bertz CT molecular complexity index is 481. The van der Waals surface area contributed by atoms with E-state index in [9.17, 15) is 5.11 Å². The van der Waals surface area contributed by atoms with Crippen molar-refractivity contribution in [2.45, 2.75) is 38.3 Å². The maximum Gasteiger partial charge on any atom is 0.142 e. The summed E-state index contributed by atoms with van der Waals surface area (Å²) in [5.74, 6) is 2.03. The molecule has 1 aromatic carbocycles. The second kappa shape index (κ2) is 7.70. The quantitative estimate of drug-likeness (QED) is 0.841. The molecule has 0 aromatic heterocycles. The Balaban J connectivity index is 2.19. The zero-order valence-electron chi connectivity index (χ0n) is 13.8. The summed E-state index contributed by atoms with van der Waals surface area (Å²) in [6.45, 7) is 3.69. The van der Waals surface area contributed by atoms with E-state index in [0.29, 0.717) is 5.92 Å². The van der Waals surface area contributed by atoms with Crippen LogP contribution in [0.15, 0.2) is 18.2 Å². The molecular formula is C17H28N2O3. The third-order valence-corrected chi connectivity index (χ3v) is 4.37. The van der Waals surface area contributed by atoms with Crippen LogP contribution in [0, 0.1) is 5.92 Å². The average molecular weight is 308 g/mol. The highest BCUT2D eigenvalue weighted by Gasteiger charge is 2.28. The lowest BCUT2D eigenvalue weighted by Crippen LogP contribution is -2.47. The van der Waals surface area contributed by atoms with Gasteiger partial charge in [-0.25, -0.2) is 0 Å². The van der Waals surface area contributed by atoms with Crippen LogP contribution in [0.1, 0.15) is 26.2 Å². The normalized spacial score (nSPS) is 23.2. The van der Waals surface area contributed by atoms with Crippen LogP contribution >= 0.6 is 0 Å². The van der Waals surface area contributed by atoms with Crippen molar-refractivity contribution >= 4 is 5.69 Å². The van der Waals surface area contributed by atoms with Crippen LogP contribution in [0.25, 0.3) is 0 Å². The van der Waals surface area contributed by atoms with Crippen LogP contribution in [0.4, 0.5) is 5.69 Å². The Morgan fingerprint density at radius 2 is 2.09 bits per heavy atom. The van der Waals surface area contributed by atoms with Crippen molar-refractivity contribution in [2.75, 3.05) is 32.2 Å². The standard InChI is InChI=1S/C17H28N2O3/c1-4-14(20)8-12-7-13(18)11-19(10-12)16-9-15(21-2)5-6-17(16)22-3/h5-6,9,12-14,20H,4,7-8,10-11,18H2,1-3H3. The summed E-state index contributed by atoms with van der Waals surface area (Å²) in [4.78, 5) is 2.25. The Morgan fingerprint density at radius 1 is 1.32 bits per heavy atom. The monoisotopic (exact) mass is 308 g/mol. The third kappa shape index (κ3) is 4.05. The molecule has 2 rings (SSSR count). The highest BCUT2D eigenvalue weighted by Crippen LogP contribution is 2.35. The van der Waals surface area contributed by atoms with Crippen molar-refractivity contribution in [3.05, 3.63) is 18.2 Å². The molecule has 0 spiro atoms. The van der Waals surface area contributed by atoms with Crippen LogP contribution in [-0.4, -0.2) is 44.6 Å². The SMILES string of the molecule is CCC(O)CC1CC(N)CN(c2cc(OC)ccc2OC)C1. The van der Waals surface area contributed by atoms with Gasteiger partial charge in [0.05, 0.1) is 26.0 Å². The largest absolute Gasteiger partial charge is 0.497 e. The van der Waals surface area contributed by atoms with Gasteiger partial charge in [-0.2, -0.15) is 0 Å². The summed E-state index contributed by atoms with van der Waals surface area (Å²) >= 11 is 0. The Labute approximate surface area is 133 Å². The first-order valence-electron chi connectivity index (χ1n) is 7.98. The number of ether oxygens (including phenoxy) is 2. The molecule has 1 aliphatic heterocycles. The number of aliphatic hydroxyl groups is 1. The molecule has 5 heteroatoms. The highest BCUT2D eigenvalue weighted by atomic mass is 16.5. The van der Waals surface area contributed by atoms with Gasteiger partial charge in [0, 0.05) is 25.2 Å². The van der Waals surface area contributed by atoms with Gasteiger partial charge in [0.1, 0.15) is 11.5 Å². The van der Waals surface area contributed by atoms with Gasteiger partial charge in [-0.15, -0.1) is 0 Å². The van der Waals surface area contributed by atoms with Gasteiger partial charge in [0.2, 0.25) is 0 Å². The number of aliphatic hydroxyl groups excluding tert-OH is 1. The fraction of sp³-hybridized carbons (Fsp3) is 0.647. The number of rotatable bonds is 6. The lowest BCUT2D eigenvalue weighted by Gasteiger charge is -2.39. The second-order valence-corrected chi connectivity index (χ2v) is 6.10. The Kier molecular flexibility index (Phi) is 5.91. The lowest BCUT2D eigenvalue weighted by molar-refractivity contribution is 0.131. The van der Waals surface area contributed by atoms with Crippen LogP contribution in [0.2, 0.25) is 0 Å². The number of hydrogen-bond acceptors (Lipinski definition) is 5. The Hall–Kier alpha value is -1.46. The van der Waals surface area contributed by atoms with Crippen molar-refractivity contribution in [1.82, 2.24) is 0 Å². The summed E-state index contributed by atoms with van der Waals surface area (Å²) in [5, 5.41) is 9.93. The molecule has 3 atom stereocenters. The van der Waals surface area contributed by atoms with Gasteiger partial charge in [-0.05, 0) is 37.3 Å². The van der Waals surface area contributed by atoms with Crippen LogP contribution in [0.5, 0.6) is 11.5 Å². The molecule has 0 saturated carbocycles. The summed E-state index contributed by atoms with van der Waals surface area (Å²) < 4.78 is 10.8. The minimum Gasteiger partial charge on any atom is -0.497 e. The highest BCUT2D eigenvalue weighted by molar-refractivity contribution is 5.62. The molecule has 1 aromatic rings. The third-order valence-electron chi connectivity index (χ3n) is 4.37. The van der Waals surface area contributed by atoms with E-state index in [-0.39, 0.29) is 12.1 Å². The van der Waals surface area contributed by atoms with E-state index in [2.05, 4.69) is 4.90 Å². The molecule has 0 aliphatic carbocycles. The number of nitrogens with two attached hydrogens (primary N) is 1. The van der Waals surface area contributed by atoms with Gasteiger partial charge in [-0.3, -0.25) is 0 Å². The van der Waals surface area contributed by atoms with Gasteiger partial charge in [0.25, 0.3) is 0 Å². The summed E-state index contributed by atoms with van der Waals surface area (Å²) in [6, 6.07) is 5.91. The number of anilines is 1. The molecule has 3 N–H and O–H groups in total. The van der Waals surface area contributed by atoms with E-state index in [1.165, 1.54) is 0 Å². The molecule has 124 valence electrons. The van der Waals surface area contributed by atoms with E-state index in [1.807, 2.05) is 25.1 Å². The van der Waals surface area contributed by atoms with Gasteiger partial charge >= 0.3 is 0 Å².